The number of benzene rings is 1. The first-order valence-electron chi connectivity index (χ1n) is 8.48. The highest BCUT2D eigenvalue weighted by molar-refractivity contribution is 7.16. The molecule has 2 atom stereocenters. The zero-order valence-corrected chi connectivity index (χ0v) is 14.9. The molecule has 3 heterocycles. The first kappa shape index (κ1) is 16.8. The van der Waals surface area contributed by atoms with E-state index in [1.807, 2.05) is 0 Å². The number of fused-ring (bicyclic) bond motifs is 3. The summed E-state index contributed by atoms with van der Waals surface area (Å²) < 4.78 is 0. The molecule has 2 aromatic rings. The van der Waals surface area contributed by atoms with Gasteiger partial charge in [0.2, 0.25) is 0 Å². The van der Waals surface area contributed by atoms with Crippen LogP contribution in [0.2, 0.25) is 0 Å². The molecule has 1 aromatic heterocycles. The third-order valence-electron chi connectivity index (χ3n) is 5.01. The molecule has 136 valence electrons. The van der Waals surface area contributed by atoms with Crippen molar-refractivity contribution in [2.24, 2.45) is 0 Å². The van der Waals surface area contributed by atoms with Gasteiger partial charge in [-0.3, -0.25) is 14.9 Å². The van der Waals surface area contributed by atoms with Crippen LogP contribution in [0.5, 0.6) is 5.75 Å². The van der Waals surface area contributed by atoms with Gasteiger partial charge in [-0.05, 0) is 12.5 Å². The van der Waals surface area contributed by atoms with E-state index in [1.54, 1.807) is 0 Å². The smallest absolute Gasteiger partial charge is 0.276 e. The van der Waals surface area contributed by atoms with Crippen molar-refractivity contribution in [2.45, 2.75) is 26.1 Å². The van der Waals surface area contributed by atoms with E-state index in [2.05, 4.69) is 17.6 Å². The molecule has 0 saturated heterocycles. The minimum absolute atomic E-state index is 0.175. The summed E-state index contributed by atoms with van der Waals surface area (Å²) >= 11 is 1.54. The van der Waals surface area contributed by atoms with Gasteiger partial charge in [0.05, 0.1) is 34.0 Å². The number of nitrogens with one attached hydrogen (secondary N) is 3. The molecule has 0 fully saturated rings. The number of anilines is 1. The number of thiophene rings is 1. The van der Waals surface area contributed by atoms with E-state index < -0.39 is 11.1 Å². The third-order valence-corrected chi connectivity index (χ3v) is 6.18. The minimum Gasteiger partial charge on any atom is -0.872 e. The molecular weight excluding hydrogens is 356 g/mol. The van der Waals surface area contributed by atoms with E-state index in [-0.39, 0.29) is 22.9 Å². The summed E-state index contributed by atoms with van der Waals surface area (Å²) in [5, 5.41) is 29.7. The summed E-state index contributed by atoms with van der Waals surface area (Å²) in [6.45, 7) is 5.06. The van der Waals surface area contributed by atoms with Crippen LogP contribution in [0.3, 0.4) is 0 Å². The summed E-state index contributed by atoms with van der Waals surface area (Å²) in [6, 6.07) is 3.55. The van der Waals surface area contributed by atoms with Crippen LogP contribution in [0.1, 0.15) is 39.5 Å². The van der Waals surface area contributed by atoms with Crippen molar-refractivity contribution >= 4 is 27.9 Å². The predicted molar refractivity (Wildman–Crippen MR) is 94.5 cm³/mol. The van der Waals surface area contributed by atoms with Crippen LogP contribution in [-0.2, 0) is 13.0 Å². The minimum atomic E-state index is -0.793. The van der Waals surface area contributed by atoms with Crippen molar-refractivity contribution < 1.29 is 19.7 Å². The van der Waals surface area contributed by atoms with Crippen LogP contribution in [0.25, 0.3) is 0 Å². The number of hydrogen-bond acceptors (Lipinski definition) is 6. The van der Waals surface area contributed by atoms with Crippen LogP contribution >= 0.6 is 11.3 Å². The summed E-state index contributed by atoms with van der Waals surface area (Å²) in [4.78, 5) is 26.1. The van der Waals surface area contributed by atoms with E-state index in [0.717, 1.165) is 42.7 Å². The molecule has 1 unspecified atom stereocenters. The monoisotopic (exact) mass is 374 g/mol. The Morgan fingerprint density at radius 1 is 1.38 bits per heavy atom. The van der Waals surface area contributed by atoms with Crippen LogP contribution in [0, 0.1) is 10.1 Å². The van der Waals surface area contributed by atoms with Gasteiger partial charge in [-0.2, -0.15) is 0 Å². The van der Waals surface area contributed by atoms with Gasteiger partial charge >= 0.3 is 0 Å². The van der Waals surface area contributed by atoms with E-state index in [4.69, 9.17) is 0 Å². The molecule has 0 saturated carbocycles. The molecule has 3 N–H and O–H groups in total. The zero-order valence-electron chi connectivity index (χ0n) is 14.1. The highest BCUT2D eigenvalue weighted by Crippen LogP contribution is 2.40. The van der Waals surface area contributed by atoms with Crippen molar-refractivity contribution in [3.8, 4) is 5.75 Å². The molecule has 26 heavy (non-hydrogen) atoms. The lowest BCUT2D eigenvalue weighted by molar-refractivity contribution is -0.913. The molecule has 0 bridgehead atoms. The van der Waals surface area contributed by atoms with E-state index in [0.29, 0.717) is 5.56 Å². The Labute approximate surface area is 153 Å². The lowest BCUT2D eigenvalue weighted by atomic mass is 10.00. The molecule has 2 aliphatic heterocycles. The normalized spacial score (nSPS) is 21.3. The van der Waals surface area contributed by atoms with Crippen molar-refractivity contribution in [3.05, 3.63) is 49.9 Å². The fourth-order valence-corrected chi connectivity index (χ4v) is 4.98. The number of quaternary nitrogens is 1. The summed E-state index contributed by atoms with van der Waals surface area (Å²) in [5.41, 5.74) is 1.72. The second-order valence-electron chi connectivity index (χ2n) is 6.52. The Balaban J connectivity index is 1.72. The summed E-state index contributed by atoms with van der Waals surface area (Å²) in [7, 11) is 0. The second-order valence-corrected chi connectivity index (χ2v) is 7.62. The number of rotatable bonds is 3. The number of amides is 1. The zero-order chi connectivity index (χ0) is 18.4. The fraction of sp³-hybridized carbons (Fsp3) is 0.353. The average Bonchev–Trinajstić information content (AvgIpc) is 2.99. The van der Waals surface area contributed by atoms with E-state index in [1.165, 1.54) is 33.2 Å². The second kappa shape index (κ2) is 6.26. The van der Waals surface area contributed by atoms with Crippen molar-refractivity contribution in [1.82, 2.24) is 5.32 Å². The molecule has 1 amide bonds. The number of carbonyl (C=O) groups excluding carboxylic acids is 1. The fourth-order valence-electron chi connectivity index (χ4n) is 3.64. The number of likely N-dealkylation sites (N-methyl/N-ethyl adjacent to an activating group) is 1. The van der Waals surface area contributed by atoms with Crippen LogP contribution < -0.4 is 20.6 Å². The molecule has 4 rings (SSSR count). The van der Waals surface area contributed by atoms with Gasteiger partial charge in [0, 0.05) is 12.5 Å². The predicted octanol–water partition coefficient (Wildman–Crippen LogP) is 0.545. The Bertz CT molecular complexity index is 910. The highest BCUT2D eigenvalue weighted by Gasteiger charge is 2.35. The molecule has 0 spiro atoms. The molecular formula is C17H18N4O4S. The molecule has 0 radical (unpaired) electrons. The Kier molecular flexibility index (Phi) is 4.04. The van der Waals surface area contributed by atoms with Gasteiger partial charge in [0.1, 0.15) is 17.7 Å². The van der Waals surface area contributed by atoms with Crippen molar-refractivity contribution in [1.29, 1.82) is 0 Å². The number of nitro benzene ring substituents is 1. The molecule has 1 aromatic carbocycles. The molecule has 9 heteroatoms. The topological polar surface area (TPSA) is 112 Å². The van der Waals surface area contributed by atoms with E-state index in [9.17, 15) is 20.0 Å². The lowest BCUT2D eigenvalue weighted by Gasteiger charge is -2.27. The highest BCUT2D eigenvalue weighted by atomic mass is 32.1. The molecule has 2 aliphatic rings. The maximum absolute atomic E-state index is 12.7. The third kappa shape index (κ3) is 2.69. The Morgan fingerprint density at radius 2 is 2.19 bits per heavy atom. The first-order valence-corrected chi connectivity index (χ1v) is 9.30. The van der Waals surface area contributed by atoms with Gasteiger partial charge in [0.25, 0.3) is 11.6 Å². The number of carbonyl (C=O) groups is 1. The van der Waals surface area contributed by atoms with Gasteiger partial charge in [-0.25, -0.2) is 0 Å². The Morgan fingerprint density at radius 3 is 2.92 bits per heavy atom. The van der Waals surface area contributed by atoms with E-state index >= 15 is 0 Å². The van der Waals surface area contributed by atoms with Crippen molar-refractivity contribution in [3.63, 3.8) is 0 Å². The van der Waals surface area contributed by atoms with Gasteiger partial charge < -0.3 is 20.6 Å². The van der Waals surface area contributed by atoms with Crippen molar-refractivity contribution in [2.75, 3.05) is 18.4 Å². The van der Waals surface area contributed by atoms with Gasteiger partial charge in [-0.1, -0.05) is 12.1 Å². The maximum atomic E-state index is 12.7. The van der Waals surface area contributed by atoms with Crippen LogP contribution in [-0.4, -0.2) is 23.9 Å². The summed E-state index contributed by atoms with van der Waals surface area (Å²) in [5.74, 6) is -0.577. The van der Waals surface area contributed by atoms with Gasteiger partial charge in [-0.15, -0.1) is 17.1 Å². The molecule has 0 aliphatic carbocycles. The average molecular weight is 374 g/mol. The van der Waals surface area contributed by atoms with Gasteiger partial charge in [0.15, 0.2) is 0 Å². The molecule has 8 nitrogen and oxygen atoms in total. The first-order chi connectivity index (χ1) is 12.5. The Hall–Kier alpha value is -2.65. The standard InChI is InChI=1S/C17H18N4O4S/c1-2-20-6-5-10-13(8-20)26-17-14(10)16(23)18-15(19-17)11-7-9(22)3-4-12(11)21(24)25/h3-4,7,15,19,22H,2,5-6,8H2,1H3,(H,18,23)/t15-/m1/s1. The largest absolute Gasteiger partial charge is 0.872 e. The van der Waals surface area contributed by atoms with Crippen LogP contribution in [0.15, 0.2) is 18.2 Å². The number of hydrogen-bond donors (Lipinski definition) is 3. The lowest BCUT2D eigenvalue weighted by Crippen LogP contribution is -3.11. The summed E-state index contributed by atoms with van der Waals surface area (Å²) in [6.07, 6.45) is 0.0550. The quantitative estimate of drug-likeness (QED) is 0.536. The number of nitrogens with zero attached hydrogens (tertiary/aromatic N) is 1. The van der Waals surface area contributed by atoms with Crippen LogP contribution in [0.4, 0.5) is 10.7 Å². The number of nitro groups is 1. The maximum Gasteiger partial charge on any atom is 0.276 e. The SMILES string of the molecule is CC[NH+]1CCc2c(sc3c2C(=O)N[C@@H](c2cc([O-])ccc2[N+](=O)[O-])N3)C1.